The highest BCUT2D eigenvalue weighted by Gasteiger charge is 2.19. The lowest BCUT2D eigenvalue weighted by Crippen LogP contribution is -2.29. The van der Waals surface area contributed by atoms with Crippen molar-refractivity contribution in [2.75, 3.05) is 13.1 Å². The van der Waals surface area contributed by atoms with Gasteiger partial charge in [-0.3, -0.25) is 4.79 Å². The standard InChI is InChI=1S/C16H24N2O/c1-13(14-5-3-2-4-6-14)9-11-18-16(19)10-12-17-15-7-8-15/h2-6,13,15,17H,7-12H2,1H3,(H,18,19). The van der Waals surface area contributed by atoms with Crippen molar-refractivity contribution in [1.29, 1.82) is 0 Å². The van der Waals surface area contributed by atoms with Gasteiger partial charge in [0.1, 0.15) is 0 Å². The molecule has 1 aromatic rings. The van der Waals surface area contributed by atoms with Gasteiger partial charge < -0.3 is 10.6 Å². The van der Waals surface area contributed by atoms with E-state index in [0.717, 1.165) is 19.5 Å². The van der Waals surface area contributed by atoms with Crippen molar-refractivity contribution in [2.45, 2.75) is 44.6 Å². The number of nitrogens with one attached hydrogen (secondary N) is 2. The van der Waals surface area contributed by atoms with E-state index in [1.165, 1.54) is 18.4 Å². The molecule has 1 aromatic carbocycles. The first-order chi connectivity index (χ1) is 9.25. The second kappa shape index (κ2) is 7.29. The van der Waals surface area contributed by atoms with Gasteiger partial charge in [-0.1, -0.05) is 37.3 Å². The maximum atomic E-state index is 11.6. The van der Waals surface area contributed by atoms with E-state index < -0.39 is 0 Å². The first-order valence-electron chi connectivity index (χ1n) is 7.30. The van der Waals surface area contributed by atoms with Crippen LogP contribution in [0.4, 0.5) is 0 Å². The minimum Gasteiger partial charge on any atom is -0.356 e. The zero-order chi connectivity index (χ0) is 13.5. The van der Waals surface area contributed by atoms with E-state index in [0.29, 0.717) is 18.4 Å². The minimum absolute atomic E-state index is 0.161. The Morgan fingerprint density at radius 1 is 1.26 bits per heavy atom. The molecule has 1 amide bonds. The van der Waals surface area contributed by atoms with Crippen LogP contribution in [0.1, 0.15) is 44.1 Å². The second-order valence-corrected chi connectivity index (χ2v) is 5.43. The quantitative estimate of drug-likeness (QED) is 0.754. The molecule has 0 aliphatic heterocycles. The molecule has 19 heavy (non-hydrogen) atoms. The van der Waals surface area contributed by atoms with Gasteiger partial charge in [-0.05, 0) is 30.7 Å². The summed E-state index contributed by atoms with van der Waals surface area (Å²) < 4.78 is 0. The molecule has 1 aliphatic rings. The summed E-state index contributed by atoms with van der Waals surface area (Å²) in [6.45, 7) is 3.78. The van der Waals surface area contributed by atoms with Gasteiger partial charge >= 0.3 is 0 Å². The van der Waals surface area contributed by atoms with Gasteiger partial charge in [0, 0.05) is 25.6 Å². The van der Waals surface area contributed by atoms with Crippen molar-refractivity contribution < 1.29 is 4.79 Å². The van der Waals surface area contributed by atoms with Gasteiger partial charge in [0.05, 0.1) is 0 Å². The molecule has 2 N–H and O–H groups in total. The fraction of sp³-hybridized carbons (Fsp3) is 0.562. The van der Waals surface area contributed by atoms with Gasteiger partial charge in [-0.2, -0.15) is 0 Å². The Hall–Kier alpha value is -1.35. The molecule has 104 valence electrons. The van der Waals surface area contributed by atoms with Gasteiger partial charge in [-0.25, -0.2) is 0 Å². The Morgan fingerprint density at radius 2 is 2.00 bits per heavy atom. The summed E-state index contributed by atoms with van der Waals surface area (Å²) in [6, 6.07) is 11.1. The molecule has 0 saturated heterocycles. The van der Waals surface area contributed by atoms with Crippen molar-refractivity contribution in [2.24, 2.45) is 0 Å². The molecule has 3 heteroatoms. The van der Waals surface area contributed by atoms with Crippen molar-refractivity contribution in [1.82, 2.24) is 10.6 Å². The normalized spacial score (nSPS) is 16.1. The van der Waals surface area contributed by atoms with Crippen molar-refractivity contribution >= 4 is 5.91 Å². The molecule has 0 aromatic heterocycles. The van der Waals surface area contributed by atoms with Gasteiger partial charge in [0.25, 0.3) is 0 Å². The van der Waals surface area contributed by atoms with Gasteiger partial charge in [0.15, 0.2) is 0 Å². The highest BCUT2D eigenvalue weighted by Crippen LogP contribution is 2.18. The van der Waals surface area contributed by atoms with E-state index in [1.54, 1.807) is 0 Å². The monoisotopic (exact) mass is 260 g/mol. The third-order valence-electron chi connectivity index (χ3n) is 3.63. The fourth-order valence-corrected chi connectivity index (χ4v) is 2.14. The SMILES string of the molecule is CC(CCNC(=O)CCNC1CC1)c1ccccc1. The first kappa shape index (κ1) is 14.1. The fourth-order valence-electron chi connectivity index (χ4n) is 2.14. The Balaban J connectivity index is 1.56. The molecule has 2 rings (SSSR count). The molecule has 0 spiro atoms. The van der Waals surface area contributed by atoms with Crippen LogP contribution in [0.5, 0.6) is 0 Å². The molecule has 1 unspecified atom stereocenters. The van der Waals surface area contributed by atoms with Crippen LogP contribution in [0.3, 0.4) is 0 Å². The van der Waals surface area contributed by atoms with Crippen LogP contribution >= 0.6 is 0 Å². The van der Waals surface area contributed by atoms with Crippen LogP contribution in [0.2, 0.25) is 0 Å². The van der Waals surface area contributed by atoms with E-state index in [1.807, 2.05) is 6.07 Å². The molecule has 0 bridgehead atoms. The lowest BCUT2D eigenvalue weighted by atomic mass is 9.98. The molecule has 1 aliphatic carbocycles. The molecular weight excluding hydrogens is 236 g/mol. The Labute approximate surface area is 115 Å². The molecule has 1 atom stereocenters. The van der Waals surface area contributed by atoms with Gasteiger partial charge in [0.2, 0.25) is 5.91 Å². The topological polar surface area (TPSA) is 41.1 Å². The smallest absolute Gasteiger partial charge is 0.221 e. The Morgan fingerprint density at radius 3 is 2.68 bits per heavy atom. The number of hydrogen-bond acceptors (Lipinski definition) is 2. The predicted molar refractivity (Wildman–Crippen MR) is 78.1 cm³/mol. The van der Waals surface area contributed by atoms with Crippen molar-refractivity contribution in [3.8, 4) is 0 Å². The van der Waals surface area contributed by atoms with E-state index >= 15 is 0 Å². The number of carbonyl (C=O) groups is 1. The molecule has 1 fully saturated rings. The Bertz CT molecular complexity index is 387. The average molecular weight is 260 g/mol. The van der Waals surface area contributed by atoms with E-state index in [2.05, 4.69) is 41.8 Å². The number of rotatable bonds is 8. The third-order valence-corrected chi connectivity index (χ3v) is 3.63. The van der Waals surface area contributed by atoms with Crippen LogP contribution in [-0.4, -0.2) is 25.0 Å². The number of carbonyl (C=O) groups excluding carboxylic acids is 1. The maximum absolute atomic E-state index is 11.6. The van der Waals surface area contributed by atoms with Crippen LogP contribution in [0.15, 0.2) is 30.3 Å². The lowest BCUT2D eigenvalue weighted by Gasteiger charge is -2.12. The predicted octanol–water partition coefficient (Wildman–Crippen LogP) is 2.44. The number of benzene rings is 1. The summed E-state index contributed by atoms with van der Waals surface area (Å²) in [7, 11) is 0. The first-order valence-corrected chi connectivity index (χ1v) is 7.30. The third kappa shape index (κ3) is 5.43. The number of hydrogen-bond donors (Lipinski definition) is 2. The highest BCUT2D eigenvalue weighted by molar-refractivity contribution is 5.76. The zero-order valence-corrected chi connectivity index (χ0v) is 11.7. The molecule has 1 saturated carbocycles. The summed E-state index contributed by atoms with van der Waals surface area (Å²) in [5, 5.41) is 6.35. The van der Waals surface area contributed by atoms with E-state index in [4.69, 9.17) is 0 Å². The molecule has 0 radical (unpaired) electrons. The average Bonchev–Trinajstić information content (AvgIpc) is 3.24. The lowest BCUT2D eigenvalue weighted by molar-refractivity contribution is -0.121. The van der Waals surface area contributed by atoms with E-state index in [-0.39, 0.29) is 5.91 Å². The Kier molecular flexibility index (Phi) is 5.40. The van der Waals surface area contributed by atoms with E-state index in [9.17, 15) is 4.79 Å². The summed E-state index contributed by atoms with van der Waals surface area (Å²) in [5.74, 6) is 0.652. The minimum atomic E-state index is 0.161. The summed E-state index contributed by atoms with van der Waals surface area (Å²) >= 11 is 0. The van der Waals surface area contributed by atoms with Crippen molar-refractivity contribution in [3.05, 3.63) is 35.9 Å². The van der Waals surface area contributed by atoms with Crippen LogP contribution in [0.25, 0.3) is 0 Å². The molecule has 0 heterocycles. The molecular formula is C16H24N2O. The zero-order valence-electron chi connectivity index (χ0n) is 11.7. The number of amides is 1. The maximum Gasteiger partial charge on any atom is 0.221 e. The summed E-state index contributed by atoms with van der Waals surface area (Å²) in [5.41, 5.74) is 1.34. The summed E-state index contributed by atoms with van der Waals surface area (Å²) in [6.07, 6.45) is 4.13. The largest absolute Gasteiger partial charge is 0.356 e. The second-order valence-electron chi connectivity index (χ2n) is 5.43. The van der Waals surface area contributed by atoms with Crippen molar-refractivity contribution in [3.63, 3.8) is 0 Å². The summed E-state index contributed by atoms with van der Waals surface area (Å²) in [4.78, 5) is 11.6. The highest BCUT2D eigenvalue weighted by atomic mass is 16.1. The van der Waals surface area contributed by atoms with Gasteiger partial charge in [-0.15, -0.1) is 0 Å². The van der Waals surface area contributed by atoms with Crippen LogP contribution < -0.4 is 10.6 Å². The van der Waals surface area contributed by atoms with Crippen LogP contribution in [0, 0.1) is 0 Å². The molecule has 3 nitrogen and oxygen atoms in total. The van der Waals surface area contributed by atoms with Crippen LogP contribution in [-0.2, 0) is 4.79 Å².